The summed E-state index contributed by atoms with van der Waals surface area (Å²) in [5, 5.41) is 13.5. The molecule has 1 N–H and O–H groups in total. The second kappa shape index (κ2) is 10.7. The molecule has 0 bridgehead atoms. The SMILES string of the molecule is Cc1ccc(S(=O)(=O)[O-])cc1O.Cc1ccccc1[P+](C)(c1ccccc1C)c1ccccc1C. The fraction of sp³-hybridized carbons (Fsp3) is 0.172. The molecule has 182 valence electrons. The Morgan fingerprint density at radius 3 is 1.31 bits per heavy atom. The Bertz CT molecular complexity index is 1330. The van der Waals surface area contributed by atoms with Crippen molar-refractivity contribution in [3.05, 3.63) is 113 Å². The van der Waals surface area contributed by atoms with Crippen LogP contribution in [0, 0.1) is 27.7 Å². The molecule has 35 heavy (non-hydrogen) atoms. The summed E-state index contributed by atoms with van der Waals surface area (Å²) in [6, 6.07) is 30.1. The normalized spacial score (nSPS) is 11.5. The second-order valence-corrected chi connectivity index (χ2v) is 13.6. The van der Waals surface area contributed by atoms with Crippen LogP contribution in [0.5, 0.6) is 5.75 Å². The molecule has 4 aromatic rings. The zero-order valence-electron chi connectivity index (χ0n) is 20.7. The van der Waals surface area contributed by atoms with Crippen LogP contribution in [-0.4, -0.2) is 24.7 Å². The van der Waals surface area contributed by atoms with Gasteiger partial charge in [0.25, 0.3) is 0 Å². The summed E-state index contributed by atoms with van der Waals surface area (Å²) in [6.45, 7) is 10.8. The van der Waals surface area contributed by atoms with E-state index in [-0.39, 0.29) is 5.75 Å². The molecule has 0 aliphatic carbocycles. The van der Waals surface area contributed by atoms with Crippen LogP contribution >= 0.6 is 7.26 Å². The molecule has 0 aromatic heterocycles. The summed E-state index contributed by atoms with van der Waals surface area (Å²) >= 11 is 0. The van der Waals surface area contributed by atoms with E-state index in [9.17, 15) is 13.0 Å². The Kier molecular flexibility index (Phi) is 8.17. The monoisotopic (exact) mass is 506 g/mol. The van der Waals surface area contributed by atoms with Crippen molar-refractivity contribution in [1.29, 1.82) is 0 Å². The number of hydrogen-bond donors (Lipinski definition) is 1. The van der Waals surface area contributed by atoms with Gasteiger partial charge in [0.15, 0.2) is 0 Å². The molecule has 0 spiro atoms. The van der Waals surface area contributed by atoms with E-state index < -0.39 is 22.3 Å². The summed E-state index contributed by atoms with van der Waals surface area (Å²) < 4.78 is 31.3. The van der Waals surface area contributed by atoms with Crippen LogP contribution in [0.2, 0.25) is 0 Å². The molecule has 0 atom stereocenters. The summed E-state index contributed by atoms with van der Waals surface area (Å²) in [5.74, 6) is -0.188. The molecular weight excluding hydrogens is 475 g/mol. The molecule has 4 aromatic carbocycles. The van der Waals surface area contributed by atoms with E-state index in [1.165, 1.54) is 38.7 Å². The first-order valence-electron chi connectivity index (χ1n) is 11.3. The van der Waals surface area contributed by atoms with Crippen molar-refractivity contribution in [3.63, 3.8) is 0 Å². The fourth-order valence-electron chi connectivity index (χ4n) is 4.33. The van der Waals surface area contributed by atoms with E-state index >= 15 is 0 Å². The zero-order valence-corrected chi connectivity index (χ0v) is 22.4. The lowest BCUT2D eigenvalue weighted by Gasteiger charge is -2.27. The molecule has 0 aliphatic rings. The minimum Gasteiger partial charge on any atom is -0.744 e. The van der Waals surface area contributed by atoms with Gasteiger partial charge in [0.1, 0.15) is 39.0 Å². The first kappa shape index (κ1) is 26.6. The number of rotatable bonds is 4. The molecule has 0 fully saturated rings. The van der Waals surface area contributed by atoms with E-state index in [1.54, 1.807) is 6.92 Å². The van der Waals surface area contributed by atoms with Crippen molar-refractivity contribution in [2.24, 2.45) is 0 Å². The van der Waals surface area contributed by atoms with Crippen LogP contribution < -0.4 is 15.9 Å². The smallest absolute Gasteiger partial charge is 0.124 e. The maximum absolute atomic E-state index is 10.4. The fourth-order valence-corrected chi connectivity index (χ4v) is 9.09. The van der Waals surface area contributed by atoms with Gasteiger partial charge in [-0.25, -0.2) is 8.42 Å². The number of phenolic OH excluding ortho intramolecular Hbond substituents is 1. The van der Waals surface area contributed by atoms with Gasteiger partial charge in [-0.05, 0) is 80.3 Å². The molecule has 0 saturated heterocycles. The Hall–Kier alpha value is -2.98. The number of benzene rings is 4. The number of phenols is 1. The van der Waals surface area contributed by atoms with Gasteiger partial charge in [-0.15, -0.1) is 0 Å². The van der Waals surface area contributed by atoms with E-state index in [1.807, 2.05) is 0 Å². The molecule has 0 aliphatic heterocycles. The van der Waals surface area contributed by atoms with Gasteiger partial charge in [-0.1, -0.05) is 60.7 Å². The van der Waals surface area contributed by atoms with Crippen LogP contribution in [0.15, 0.2) is 95.9 Å². The first-order chi connectivity index (χ1) is 16.5. The highest BCUT2D eigenvalue weighted by atomic mass is 32.2. The van der Waals surface area contributed by atoms with E-state index in [0.29, 0.717) is 5.56 Å². The summed E-state index contributed by atoms with van der Waals surface area (Å²) in [6.07, 6.45) is 0. The molecule has 0 amide bonds. The average molecular weight is 507 g/mol. The van der Waals surface area contributed by atoms with Crippen molar-refractivity contribution >= 4 is 33.3 Å². The third kappa shape index (κ3) is 5.82. The molecule has 4 rings (SSSR count). The van der Waals surface area contributed by atoms with Crippen molar-refractivity contribution in [3.8, 4) is 5.75 Å². The summed E-state index contributed by atoms with van der Waals surface area (Å²) in [5.41, 5.74) is 4.68. The van der Waals surface area contributed by atoms with Crippen molar-refractivity contribution < 1.29 is 18.1 Å². The van der Waals surface area contributed by atoms with Crippen molar-refractivity contribution in [2.45, 2.75) is 32.6 Å². The molecule has 0 heterocycles. The highest BCUT2D eigenvalue weighted by Crippen LogP contribution is 2.53. The van der Waals surface area contributed by atoms with Crippen molar-refractivity contribution in [1.82, 2.24) is 0 Å². The van der Waals surface area contributed by atoms with Gasteiger partial charge < -0.3 is 9.66 Å². The highest BCUT2D eigenvalue weighted by molar-refractivity contribution is 7.95. The number of aryl methyl sites for hydroxylation is 4. The lowest BCUT2D eigenvalue weighted by atomic mass is 10.2. The minimum atomic E-state index is -4.45. The van der Waals surface area contributed by atoms with Gasteiger partial charge in [0, 0.05) is 0 Å². The first-order valence-corrected chi connectivity index (χ1v) is 14.9. The van der Waals surface area contributed by atoms with Crippen LogP contribution in [0.4, 0.5) is 0 Å². The standard InChI is InChI=1S/C22H24P.C7H8O4S/c1-17-11-5-8-14-20(17)23(4,21-15-9-6-12-18(21)2)22-16-10-7-13-19(22)3;1-5-2-3-6(4-7(5)8)12(9,10)11/h5-16H,1-4H3;2-4,8H,1H3,(H,9,10,11)/q+1;/p-1. The van der Waals surface area contributed by atoms with Crippen LogP contribution in [0.25, 0.3) is 0 Å². The topological polar surface area (TPSA) is 77.4 Å². The molecule has 6 heteroatoms. The Labute approximate surface area is 209 Å². The van der Waals surface area contributed by atoms with E-state index in [2.05, 4.69) is 100 Å². The quantitative estimate of drug-likeness (QED) is 0.307. The highest BCUT2D eigenvalue weighted by Gasteiger charge is 2.43. The van der Waals surface area contributed by atoms with Gasteiger partial charge in [0.2, 0.25) is 0 Å². The van der Waals surface area contributed by atoms with Gasteiger partial charge >= 0.3 is 0 Å². The third-order valence-corrected chi connectivity index (χ3v) is 11.5. The molecular formula is C29H31O4PS. The number of aromatic hydroxyl groups is 1. The number of hydrogen-bond acceptors (Lipinski definition) is 4. The Balaban J connectivity index is 0.000000241. The summed E-state index contributed by atoms with van der Waals surface area (Å²) in [4.78, 5) is -0.411. The lowest BCUT2D eigenvalue weighted by Crippen LogP contribution is -2.34. The maximum atomic E-state index is 10.4. The van der Waals surface area contributed by atoms with E-state index in [4.69, 9.17) is 5.11 Å². The summed E-state index contributed by atoms with van der Waals surface area (Å²) in [7, 11) is -6.09. The predicted octanol–water partition coefficient (Wildman–Crippen LogP) is 5.14. The Morgan fingerprint density at radius 1 is 0.629 bits per heavy atom. The van der Waals surface area contributed by atoms with Crippen molar-refractivity contribution in [2.75, 3.05) is 6.66 Å². The van der Waals surface area contributed by atoms with Gasteiger partial charge in [0.05, 0.1) is 11.6 Å². The van der Waals surface area contributed by atoms with Gasteiger partial charge in [-0.2, -0.15) is 0 Å². The van der Waals surface area contributed by atoms with E-state index in [0.717, 1.165) is 12.1 Å². The lowest BCUT2D eigenvalue weighted by molar-refractivity contribution is 0.454. The van der Waals surface area contributed by atoms with Crippen LogP contribution in [0.3, 0.4) is 0 Å². The largest absolute Gasteiger partial charge is 0.744 e. The third-order valence-electron chi connectivity index (χ3n) is 6.26. The zero-order chi connectivity index (χ0) is 25.8. The van der Waals surface area contributed by atoms with Crippen LogP contribution in [-0.2, 0) is 10.1 Å². The predicted molar refractivity (Wildman–Crippen MR) is 146 cm³/mol. The minimum absolute atomic E-state index is 0.188. The molecule has 0 radical (unpaired) electrons. The molecule has 0 saturated carbocycles. The molecule has 4 nitrogen and oxygen atoms in total. The van der Waals surface area contributed by atoms with Crippen LogP contribution in [0.1, 0.15) is 22.3 Å². The molecule has 0 unspecified atom stereocenters. The average Bonchev–Trinajstić information content (AvgIpc) is 2.81. The van der Waals surface area contributed by atoms with Gasteiger partial charge in [-0.3, -0.25) is 0 Å². The maximum Gasteiger partial charge on any atom is 0.124 e. The second-order valence-electron chi connectivity index (χ2n) is 8.77. The Morgan fingerprint density at radius 2 is 1.00 bits per heavy atom.